The molecule has 0 saturated carbocycles. The van der Waals surface area contributed by atoms with E-state index in [1.807, 2.05) is 5.38 Å². The van der Waals surface area contributed by atoms with Crippen LogP contribution in [0.3, 0.4) is 0 Å². The fourth-order valence-electron chi connectivity index (χ4n) is 3.54. The first-order chi connectivity index (χ1) is 14.3. The number of nitrogens with zero attached hydrogens (tertiary/aromatic N) is 3. The van der Waals surface area contributed by atoms with Gasteiger partial charge in [0.05, 0.1) is 6.04 Å². The maximum Gasteiger partial charge on any atom is 0.410 e. The Labute approximate surface area is 182 Å². The highest BCUT2D eigenvalue weighted by molar-refractivity contribution is 7.10. The van der Waals surface area contributed by atoms with Crippen molar-refractivity contribution in [3.63, 3.8) is 0 Å². The third-order valence-electron chi connectivity index (χ3n) is 5.23. The van der Waals surface area contributed by atoms with Gasteiger partial charge in [-0.1, -0.05) is 31.5 Å². The maximum atomic E-state index is 13.7. The van der Waals surface area contributed by atoms with E-state index in [0.717, 1.165) is 35.6 Å². The lowest BCUT2D eigenvalue weighted by Gasteiger charge is -2.32. The number of thiophene rings is 1. The lowest BCUT2D eigenvalue weighted by Crippen LogP contribution is -2.35. The van der Waals surface area contributed by atoms with Gasteiger partial charge in [-0.25, -0.2) is 4.68 Å². The van der Waals surface area contributed by atoms with Crippen LogP contribution in [0.5, 0.6) is 0 Å². The number of hydrogen-bond acceptors (Lipinski definition) is 5. The first-order valence-corrected chi connectivity index (χ1v) is 11.2. The van der Waals surface area contributed by atoms with E-state index in [1.165, 1.54) is 11.3 Å². The maximum absolute atomic E-state index is 13.7. The van der Waals surface area contributed by atoms with Crippen molar-refractivity contribution in [3.05, 3.63) is 33.1 Å². The minimum Gasteiger partial charge on any atom is -0.361 e. The van der Waals surface area contributed by atoms with Crippen molar-refractivity contribution in [2.24, 2.45) is 0 Å². The Balaban J connectivity index is 1.77. The van der Waals surface area contributed by atoms with Crippen LogP contribution < -0.4 is 10.6 Å². The minimum atomic E-state index is -4.51. The summed E-state index contributed by atoms with van der Waals surface area (Å²) >= 11 is 7.68. The molecule has 166 valence electrons. The van der Waals surface area contributed by atoms with Crippen molar-refractivity contribution in [3.8, 4) is 0 Å². The average molecular weight is 464 g/mol. The van der Waals surface area contributed by atoms with E-state index in [4.69, 9.17) is 11.6 Å². The van der Waals surface area contributed by atoms with Gasteiger partial charge in [0.15, 0.2) is 11.7 Å². The Morgan fingerprint density at radius 3 is 2.77 bits per heavy atom. The number of carbonyl (C=O) groups is 1. The molecule has 0 spiro atoms. The summed E-state index contributed by atoms with van der Waals surface area (Å²) in [6.45, 7) is 7.17. The smallest absolute Gasteiger partial charge is 0.361 e. The third-order valence-corrected chi connectivity index (χ3v) is 6.57. The van der Waals surface area contributed by atoms with Gasteiger partial charge >= 0.3 is 6.18 Å². The molecule has 1 aliphatic rings. The Kier molecular flexibility index (Phi) is 7.30. The Hall–Kier alpha value is -1.78. The van der Waals surface area contributed by atoms with Crippen molar-refractivity contribution in [2.45, 2.75) is 44.9 Å². The number of anilines is 1. The Bertz CT molecular complexity index is 851. The summed E-state index contributed by atoms with van der Waals surface area (Å²) in [4.78, 5) is 15.5. The molecule has 0 radical (unpaired) electrons. The second-order valence-electron chi connectivity index (χ2n) is 7.10. The van der Waals surface area contributed by atoms with Gasteiger partial charge < -0.3 is 15.5 Å². The summed E-state index contributed by atoms with van der Waals surface area (Å²) in [5.41, 5.74) is -0.192. The van der Waals surface area contributed by atoms with Crippen LogP contribution in [0.25, 0.3) is 0 Å². The quantitative estimate of drug-likeness (QED) is 0.556. The molecule has 6 nitrogen and oxygen atoms in total. The number of halogens is 4. The number of alkyl halides is 3. The molecule has 0 saturated heterocycles. The highest BCUT2D eigenvalue weighted by atomic mass is 35.5. The summed E-state index contributed by atoms with van der Waals surface area (Å²) in [5.74, 6) is -0.547. The number of amides is 1. The fraction of sp³-hybridized carbons (Fsp3) is 0.579. The van der Waals surface area contributed by atoms with E-state index in [1.54, 1.807) is 12.1 Å². The van der Waals surface area contributed by atoms with E-state index in [2.05, 4.69) is 34.5 Å². The number of carbonyl (C=O) groups excluding carboxylic acids is 1. The van der Waals surface area contributed by atoms with E-state index >= 15 is 0 Å². The van der Waals surface area contributed by atoms with Crippen molar-refractivity contribution in [2.75, 3.05) is 31.5 Å². The minimum absolute atomic E-state index is 0.0249. The molecule has 1 aliphatic heterocycles. The second-order valence-corrected chi connectivity index (χ2v) is 8.45. The molecule has 1 amide bonds. The molecule has 2 aromatic rings. The molecule has 2 aromatic heterocycles. The molecule has 0 unspecified atom stereocenters. The van der Waals surface area contributed by atoms with Gasteiger partial charge in [0.2, 0.25) is 0 Å². The summed E-state index contributed by atoms with van der Waals surface area (Å²) < 4.78 is 42.0. The van der Waals surface area contributed by atoms with E-state index < -0.39 is 24.2 Å². The molecule has 0 aromatic carbocycles. The summed E-state index contributed by atoms with van der Waals surface area (Å²) in [6.07, 6.45) is -4.01. The van der Waals surface area contributed by atoms with Crippen LogP contribution in [0.2, 0.25) is 5.02 Å². The fourth-order valence-corrected chi connectivity index (χ4v) is 4.59. The van der Waals surface area contributed by atoms with Gasteiger partial charge in [-0.15, -0.1) is 11.3 Å². The van der Waals surface area contributed by atoms with Gasteiger partial charge in [-0.2, -0.15) is 18.3 Å². The molecule has 11 heteroatoms. The van der Waals surface area contributed by atoms with Crippen LogP contribution in [-0.2, 0) is 0 Å². The van der Waals surface area contributed by atoms with Crippen molar-refractivity contribution in [1.82, 2.24) is 20.0 Å². The Morgan fingerprint density at radius 1 is 1.43 bits per heavy atom. The van der Waals surface area contributed by atoms with Gasteiger partial charge in [-0.3, -0.25) is 4.79 Å². The van der Waals surface area contributed by atoms with E-state index in [0.29, 0.717) is 6.54 Å². The van der Waals surface area contributed by atoms with Crippen LogP contribution in [0.15, 0.2) is 17.5 Å². The molecule has 30 heavy (non-hydrogen) atoms. The lowest BCUT2D eigenvalue weighted by atomic mass is 10.0. The van der Waals surface area contributed by atoms with Crippen molar-refractivity contribution < 1.29 is 18.0 Å². The SMILES string of the molecule is CCN(CC)CCCNC(=O)c1nn2c(c1Cl)N[C@@H](c1cccs1)C[C@@H]2C(F)(F)F. The zero-order chi connectivity index (χ0) is 21.9. The predicted octanol–water partition coefficient (Wildman–Crippen LogP) is 4.72. The molecule has 3 rings (SSSR count). The van der Waals surface area contributed by atoms with Crippen molar-refractivity contribution in [1.29, 1.82) is 0 Å². The first-order valence-electron chi connectivity index (χ1n) is 9.91. The molecule has 2 atom stereocenters. The zero-order valence-electron chi connectivity index (χ0n) is 16.8. The predicted molar refractivity (Wildman–Crippen MR) is 112 cm³/mol. The monoisotopic (exact) mass is 463 g/mol. The van der Waals surface area contributed by atoms with Gasteiger partial charge in [-0.05, 0) is 37.5 Å². The normalized spacial score (nSPS) is 18.9. The van der Waals surface area contributed by atoms with Crippen LogP contribution in [-0.4, -0.2) is 52.9 Å². The molecule has 0 fully saturated rings. The number of nitrogens with one attached hydrogen (secondary N) is 2. The standard InChI is InChI=1S/C19H25ClF3N5OS/c1-3-27(4-2)9-6-8-24-18(29)16-15(20)17-25-12(13-7-5-10-30-13)11-14(19(21,22)23)28(17)26-16/h5,7,10,12,14,25H,3-4,6,8-9,11H2,1-2H3,(H,24,29)/t12-,14-/m1/s1. The summed E-state index contributed by atoms with van der Waals surface area (Å²) in [7, 11) is 0. The van der Waals surface area contributed by atoms with Gasteiger partial charge in [0, 0.05) is 17.8 Å². The summed E-state index contributed by atoms with van der Waals surface area (Å²) in [6, 6.07) is 1.15. The van der Waals surface area contributed by atoms with Crippen LogP contribution in [0.1, 0.15) is 54.1 Å². The largest absolute Gasteiger partial charge is 0.410 e. The number of rotatable bonds is 8. The average Bonchev–Trinajstić information content (AvgIpc) is 3.35. The van der Waals surface area contributed by atoms with E-state index in [9.17, 15) is 18.0 Å². The lowest BCUT2D eigenvalue weighted by molar-refractivity contribution is -0.173. The number of hydrogen-bond donors (Lipinski definition) is 2. The van der Waals surface area contributed by atoms with Crippen molar-refractivity contribution >= 4 is 34.7 Å². The molecule has 0 bridgehead atoms. The van der Waals surface area contributed by atoms with Crippen LogP contribution in [0, 0.1) is 0 Å². The Morgan fingerprint density at radius 2 is 2.17 bits per heavy atom. The highest BCUT2D eigenvalue weighted by Gasteiger charge is 2.48. The molecule has 0 aliphatic carbocycles. The van der Waals surface area contributed by atoms with Crippen LogP contribution in [0.4, 0.5) is 19.0 Å². The van der Waals surface area contributed by atoms with Crippen LogP contribution >= 0.6 is 22.9 Å². The van der Waals surface area contributed by atoms with Gasteiger partial charge in [0.1, 0.15) is 10.8 Å². The summed E-state index contributed by atoms with van der Waals surface area (Å²) in [5, 5.41) is 11.4. The second kappa shape index (κ2) is 9.57. The zero-order valence-corrected chi connectivity index (χ0v) is 18.4. The number of fused-ring (bicyclic) bond motifs is 1. The van der Waals surface area contributed by atoms with E-state index in [-0.39, 0.29) is 23.0 Å². The third kappa shape index (κ3) is 4.92. The molecule has 3 heterocycles. The molecule has 2 N–H and O–H groups in total. The topological polar surface area (TPSA) is 62.2 Å². The number of aromatic nitrogens is 2. The molecular weight excluding hydrogens is 439 g/mol. The van der Waals surface area contributed by atoms with Gasteiger partial charge in [0.25, 0.3) is 5.91 Å². The highest BCUT2D eigenvalue weighted by Crippen LogP contribution is 2.46. The first kappa shape index (κ1) is 22.9. The molecular formula is C19H25ClF3N5OS.